The van der Waals surface area contributed by atoms with Crippen LogP contribution in [0.5, 0.6) is 0 Å². The van der Waals surface area contributed by atoms with Gasteiger partial charge in [0, 0.05) is 11.1 Å². The maximum absolute atomic E-state index is 12.1. The molecule has 0 radical (unpaired) electrons. The number of hydrogen-bond acceptors (Lipinski definition) is 4. The minimum absolute atomic E-state index is 0.140. The highest BCUT2D eigenvalue weighted by atomic mass is 35.5. The molecule has 27 heavy (non-hydrogen) atoms. The molecule has 1 fully saturated rings. The fraction of sp³-hybridized carbons (Fsp3) is 0.526. The largest absolute Gasteiger partial charge is 0.456 e. The third-order valence-electron chi connectivity index (χ3n) is 4.70. The maximum Gasteiger partial charge on any atom is 0.312 e. The highest BCUT2D eigenvalue weighted by molar-refractivity contribution is 6.30. The number of esters is 1. The third-order valence-corrected chi connectivity index (χ3v) is 4.96. The first-order valence-corrected chi connectivity index (χ1v) is 9.47. The minimum Gasteiger partial charge on any atom is -0.456 e. The average Bonchev–Trinajstić information content (AvgIpc) is 2.62. The van der Waals surface area contributed by atoms with Crippen LogP contribution in [-0.4, -0.2) is 30.6 Å². The number of amides is 3. The first-order valence-electron chi connectivity index (χ1n) is 9.10. The molecule has 1 aromatic carbocycles. The summed E-state index contributed by atoms with van der Waals surface area (Å²) in [6, 6.07) is 5.40. The molecule has 3 amide bonds. The lowest BCUT2D eigenvalue weighted by atomic mass is 9.87. The summed E-state index contributed by atoms with van der Waals surface area (Å²) in [5.41, 5.74) is 5.84. The van der Waals surface area contributed by atoms with Crippen molar-refractivity contribution in [1.82, 2.24) is 10.6 Å². The van der Waals surface area contributed by atoms with Crippen molar-refractivity contribution in [1.29, 1.82) is 0 Å². The van der Waals surface area contributed by atoms with Gasteiger partial charge in [0.25, 0.3) is 5.91 Å². The Morgan fingerprint density at radius 3 is 2.41 bits per heavy atom. The molecule has 0 spiro atoms. The fourth-order valence-corrected chi connectivity index (χ4v) is 3.29. The zero-order valence-electron chi connectivity index (χ0n) is 15.4. The molecule has 1 atom stereocenters. The quantitative estimate of drug-likeness (QED) is 0.616. The summed E-state index contributed by atoms with van der Waals surface area (Å²) >= 11 is 5.85. The van der Waals surface area contributed by atoms with Gasteiger partial charge in [0.05, 0.1) is 12.5 Å². The van der Waals surface area contributed by atoms with Crippen molar-refractivity contribution in [2.24, 2.45) is 11.7 Å². The maximum atomic E-state index is 12.1. The number of hydrogen-bond donors (Lipinski definition) is 3. The van der Waals surface area contributed by atoms with E-state index in [0.29, 0.717) is 16.5 Å². The smallest absolute Gasteiger partial charge is 0.312 e. The van der Waals surface area contributed by atoms with Crippen LogP contribution in [0.3, 0.4) is 0 Å². The zero-order chi connectivity index (χ0) is 19.8. The van der Waals surface area contributed by atoms with Crippen molar-refractivity contribution < 1.29 is 19.1 Å². The van der Waals surface area contributed by atoms with E-state index in [1.54, 1.807) is 24.3 Å². The van der Waals surface area contributed by atoms with E-state index >= 15 is 0 Å². The van der Waals surface area contributed by atoms with E-state index in [2.05, 4.69) is 17.6 Å². The molecule has 0 aliphatic heterocycles. The monoisotopic (exact) mass is 395 g/mol. The van der Waals surface area contributed by atoms with Gasteiger partial charge in [-0.3, -0.25) is 9.59 Å². The molecule has 7 nitrogen and oxygen atoms in total. The number of halogens is 1. The summed E-state index contributed by atoms with van der Waals surface area (Å²) in [6.07, 6.45) is 3.93. The van der Waals surface area contributed by atoms with Crippen LogP contribution in [0.15, 0.2) is 24.3 Å². The predicted molar refractivity (Wildman–Crippen MR) is 102 cm³/mol. The molecule has 1 aliphatic rings. The Balaban J connectivity index is 1.81. The lowest BCUT2D eigenvalue weighted by Crippen LogP contribution is -2.40. The number of nitrogens with two attached hydrogens (primary N) is 1. The number of ether oxygens (including phenoxy) is 1. The molecule has 8 heteroatoms. The molecule has 1 saturated carbocycles. The summed E-state index contributed by atoms with van der Waals surface area (Å²) in [7, 11) is 0. The van der Waals surface area contributed by atoms with Crippen LogP contribution in [-0.2, 0) is 14.3 Å². The number of urea groups is 1. The van der Waals surface area contributed by atoms with E-state index in [1.807, 2.05) is 0 Å². The van der Waals surface area contributed by atoms with E-state index in [1.165, 1.54) is 0 Å². The molecular formula is C19H26ClN3O4. The van der Waals surface area contributed by atoms with Gasteiger partial charge >= 0.3 is 12.0 Å². The number of primary amides is 1. The molecule has 0 heterocycles. The molecule has 2 rings (SSSR count). The van der Waals surface area contributed by atoms with Crippen LogP contribution < -0.4 is 16.4 Å². The van der Waals surface area contributed by atoms with Crippen LogP contribution >= 0.6 is 11.6 Å². The second-order valence-electron chi connectivity index (χ2n) is 7.00. The number of nitrogens with one attached hydrogen (secondary N) is 2. The van der Waals surface area contributed by atoms with Gasteiger partial charge in [-0.25, -0.2) is 4.79 Å². The van der Waals surface area contributed by atoms with E-state index in [4.69, 9.17) is 22.1 Å². The van der Waals surface area contributed by atoms with Crippen molar-refractivity contribution in [3.05, 3.63) is 34.9 Å². The van der Waals surface area contributed by atoms with Crippen molar-refractivity contribution in [3.8, 4) is 0 Å². The van der Waals surface area contributed by atoms with Crippen molar-refractivity contribution >= 4 is 29.5 Å². The number of carbonyl (C=O) groups excluding carboxylic acids is 3. The Kier molecular flexibility index (Phi) is 7.91. The normalized spacial score (nSPS) is 20.4. The fourth-order valence-electron chi connectivity index (χ4n) is 3.16. The van der Waals surface area contributed by atoms with Crippen LogP contribution in [0.1, 0.15) is 50.6 Å². The Morgan fingerprint density at radius 1 is 1.19 bits per heavy atom. The molecule has 148 valence electrons. The number of rotatable bonds is 7. The van der Waals surface area contributed by atoms with Gasteiger partial charge in [0.1, 0.15) is 0 Å². The minimum atomic E-state index is -0.757. The topological polar surface area (TPSA) is 111 Å². The number of carbonyl (C=O) groups is 3. The lowest BCUT2D eigenvalue weighted by Gasteiger charge is -2.26. The molecule has 0 saturated heterocycles. The van der Waals surface area contributed by atoms with Gasteiger partial charge in [0.2, 0.25) is 0 Å². The van der Waals surface area contributed by atoms with E-state index in [9.17, 15) is 14.4 Å². The van der Waals surface area contributed by atoms with Crippen molar-refractivity contribution in [3.63, 3.8) is 0 Å². The van der Waals surface area contributed by atoms with Crippen molar-refractivity contribution in [2.45, 2.75) is 51.1 Å². The van der Waals surface area contributed by atoms with Gasteiger partial charge in [-0.15, -0.1) is 0 Å². The van der Waals surface area contributed by atoms with Gasteiger partial charge in [-0.2, -0.15) is 0 Å². The Bertz CT molecular complexity index is 657. The Morgan fingerprint density at radius 2 is 1.81 bits per heavy atom. The summed E-state index contributed by atoms with van der Waals surface area (Å²) in [4.78, 5) is 35.3. The molecule has 1 aromatic rings. The lowest BCUT2D eigenvalue weighted by molar-refractivity contribution is -0.149. The summed E-state index contributed by atoms with van der Waals surface area (Å²) in [5.74, 6) is -0.219. The number of benzene rings is 1. The second-order valence-corrected chi connectivity index (χ2v) is 7.44. The second kappa shape index (κ2) is 10.2. The zero-order valence-corrected chi connectivity index (χ0v) is 16.1. The Labute approximate surface area is 164 Å². The van der Waals surface area contributed by atoms with Gasteiger partial charge in [0.15, 0.2) is 6.61 Å². The average molecular weight is 396 g/mol. The summed E-state index contributed by atoms with van der Waals surface area (Å²) in [5, 5.41) is 5.93. The molecule has 0 bridgehead atoms. The third kappa shape index (κ3) is 7.46. The molecular weight excluding hydrogens is 370 g/mol. The van der Waals surface area contributed by atoms with Gasteiger partial charge in [-0.1, -0.05) is 30.7 Å². The van der Waals surface area contributed by atoms with Crippen LogP contribution in [0.2, 0.25) is 5.02 Å². The molecule has 1 unspecified atom stereocenters. The van der Waals surface area contributed by atoms with E-state index in [0.717, 1.165) is 25.7 Å². The first-order chi connectivity index (χ1) is 12.8. The molecule has 1 aliphatic carbocycles. The van der Waals surface area contributed by atoms with Gasteiger partial charge in [-0.05, 0) is 49.3 Å². The summed E-state index contributed by atoms with van der Waals surface area (Å²) in [6.45, 7) is 1.87. The van der Waals surface area contributed by atoms with E-state index in [-0.39, 0.29) is 25.0 Å². The van der Waals surface area contributed by atoms with Crippen LogP contribution in [0.25, 0.3) is 0 Å². The highest BCUT2D eigenvalue weighted by Gasteiger charge is 2.22. The van der Waals surface area contributed by atoms with Crippen molar-refractivity contribution in [2.75, 3.05) is 6.61 Å². The summed E-state index contributed by atoms with van der Waals surface area (Å²) < 4.78 is 5.05. The highest BCUT2D eigenvalue weighted by Crippen LogP contribution is 2.23. The first kappa shape index (κ1) is 21.0. The van der Waals surface area contributed by atoms with E-state index < -0.39 is 18.0 Å². The predicted octanol–water partition coefficient (Wildman–Crippen LogP) is 2.68. The Hall–Kier alpha value is -2.28. The standard InChI is InChI=1S/C19H26ClN3O4/c1-12-2-8-15(9-3-12)22-17(24)11-27-18(25)10-16(23-19(21)26)13-4-6-14(20)7-5-13/h4-7,12,15-16H,2-3,8-11H2,1H3,(H,22,24)(H3,21,23,26). The van der Waals surface area contributed by atoms with Gasteiger partial charge < -0.3 is 21.1 Å². The molecule has 0 aromatic heterocycles. The molecule has 4 N–H and O–H groups in total. The van der Waals surface area contributed by atoms with Crippen LogP contribution in [0.4, 0.5) is 4.79 Å². The SMILES string of the molecule is CC1CCC(NC(=O)COC(=O)CC(NC(N)=O)c2ccc(Cl)cc2)CC1. The van der Waals surface area contributed by atoms with Crippen LogP contribution in [0, 0.1) is 5.92 Å².